The molecule has 0 spiro atoms. The molecule has 1 aliphatic heterocycles. The van der Waals surface area contributed by atoms with Crippen LogP contribution in [0, 0.1) is 11.3 Å². The van der Waals surface area contributed by atoms with Gasteiger partial charge in [-0.25, -0.2) is 14.4 Å². The second-order valence-electron chi connectivity index (χ2n) is 14.9. The highest BCUT2D eigenvalue weighted by molar-refractivity contribution is 7.44. The zero-order valence-electron chi connectivity index (χ0n) is 35.7. The Morgan fingerprint density at radius 3 is 2.02 bits per heavy atom. The maximum atomic E-state index is 13.7. The van der Waals surface area contributed by atoms with Crippen LogP contribution in [0.15, 0.2) is 120 Å². The molecule has 0 bridgehead atoms. The molecule has 1 aromatic heterocycles. The van der Waals surface area contributed by atoms with Crippen molar-refractivity contribution >= 4 is 20.4 Å². The van der Waals surface area contributed by atoms with Gasteiger partial charge in [0.2, 0.25) is 5.95 Å². The summed E-state index contributed by atoms with van der Waals surface area (Å²) in [6, 6.07) is 36.4. The Morgan fingerprint density at radius 1 is 0.887 bits per heavy atom. The van der Waals surface area contributed by atoms with Gasteiger partial charge in [-0.05, 0) is 80.8 Å². The first-order valence-corrected chi connectivity index (χ1v) is 21.5. The summed E-state index contributed by atoms with van der Waals surface area (Å²) < 4.78 is 47.2. The van der Waals surface area contributed by atoms with Gasteiger partial charge < -0.3 is 32.7 Å². The van der Waals surface area contributed by atoms with E-state index in [1.807, 2.05) is 84.9 Å². The molecule has 4 aromatic carbocycles. The molecule has 0 saturated carbocycles. The largest absolute Gasteiger partial charge is 0.497 e. The Labute approximate surface area is 363 Å². The first kappa shape index (κ1) is 45.8. The zero-order valence-corrected chi connectivity index (χ0v) is 36.6. The summed E-state index contributed by atoms with van der Waals surface area (Å²) in [4.78, 5) is 34.7. The number of benzene rings is 4. The number of carbonyl (C=O) groups excluding carboxylic acids is 1. The fourth-order valence-corrected chi connectivity index (χ4v) is 9.01. The minimum atomic E-state index is -1.72. The average molecular weight is 865 g/mol. The van der Waals surface area contributed by atoms with Crippen molar-refractivity contribution in [3.05, 3.63) is 143 Å². The van der Waals surface area contributed by atoms with E-state index in [0.29, 0.717) is 17.2 Å². The lowest BCUT2D eigenvalue weighted by atomic mass is 9.80. The molecule has 15 nitrogen and oxygen atoms in total. The smallest absolute Gasteiger partial charge is 0.354 e. The number of nitrogens with one attached hydrogen (secondary N) is 1. The maximum absolute atomic E-state index is 13.7. The molecule has 1 amide bonds. The fraction of sp³-hybridized carbons (Fsp3) is 0.370. The fourth-order valence-electron chi connectivity index (χ4n) is 7.25. The highest BCUT2D eigenvalue weighted by Gasteiger charge is 2.45. The Bertz CT molecular complexity index is 2220. The number of rotatable bonds is 21. The van der Waals surface area contributed by atoms with Crippen molar-refractivity contribution in [3.63, 3.8) is 0 Å². The van der Waals surface area contributed by atoms with Gasteiger partial charge in [0.1, 0.15) is 41.5 Å². The Hall–Kier alpha value is -5.72. The van der Waals surface area contributed by atoms with Gasteiger partial charge in [0.05, 0.1) is 46.0 Å². The quantitative estimate of drug-likeness (QED) is 0.0435. The molecule has 1 saturated heterocycles. The van der Waals surface area contributed by atoms with Crippen molar-refractivity contribution < 1.29 is 37.5 Å². The van der Waals surface area contributed by atoms with Crippen molar-refractivity contribution in [1.29, 1.82) is 5.26 Å². The van der Waals surface area contributed by atoms with E-state index in [2.05, 4.69) is 53.7 Å². The normalized spacial score (nSPS) is 16.9. The van der Waals surface area contributed by atoms with Gasteiger partial charge in [-0.1, -0.05) is 72.8 Å². The molecular formula is C46H53N6O9P. The Balaban J connectivity index is 1.35. The van der Waals surface area contributed by atoms with Crippen LogP contribution >= 0.6 is 8.53 Å². The SMILES string of the molecule is COc1ccc(C(OC[C@H]2O[C@@H](n3cnc(NC(=O)COc4ccccc4)nc3=O)C[C@@H]2OP(OCCC#N)N(C(C)C)C(C)C)(c2ccccc2)c2ccc(OC)cc2)cc1. The highest BCUT2D eigenvalue weighted by Crippen LogP contribution is 2.50. The first-order valence-electron chi connectivity index (χ1n) is 20.4. The molecule has 1 unspecified atom stereocenters. The predicted octanol–water partition coefficient (Wildman–Crippen LogP) is 7.63. The van der Waals surface area contributed by atoms with Crippen molar-refractivity contribution in [1.82, 2.24) is 19.2 Å². The molecule has 5 aromatic rings. The van der Waals surface area contributed by atoms with Crippen LogP contribution in [0.5, 0.6) is 17.2 Å². The molecule has 4 atom stereocenters. The van der Waals surface area contributed by atoms with E-state index < -0.39 is 44.2 Å². The van der Waals surface area contributed by atoms with Crippen LogP contribution < -0.4 is 25.2 Å². The molecule has 1 N–H and O–H groups in total. The monoisotopic (exact) mass is 864 g/mol. The molecule has 0 aliphatic carbocycles. The predicted molar refractivity (Wildman–Crippen MR) is 234 cm³/mol. The molecule has 1 aliphatic rings. The summed E-state index contributed by atoms with van der Waals surface area (Å²) in [7, 11) is 1.51. The molecule has 62 heavy (non-hydrogen) atoms. The Morgan fingerprint density at radius 2 is 1.47 bits per heavy atom. The van der Waals surface area contributed by atoms with Gasteiger partial charge in [-0.3, -0.25) is 14.7 Å². The van der Waals surface area contributed by atoms with Crippen LogP contribution in [0.3, 0.4) is 0 Å². The molecule has 1 fully saturated rings. The second kappa shape index (κ2) is 21.9. The third-order valence-electron chi connectivity index (χ3n) is 10.1. The van der Waals surface area contributed by atoms with Crippen LogP contribution in [0.25, 0.3) is 0 Å². The van der Waals surface area contributed by atoms with Crippen LogP contribution in [-0.4, -0.2) is 83.4 Å². The van der Waals surface area contributed by atoms with Gasteiger partial charge in [-0.15, -0.1) is 0 Å². The summed E-state index contributed by atoms with van der Waals surface area (Å²) >= 11 is 0. The summed E-state index contributed by atoms with van der Waals surface area (Å²) in [5.74, 6) is 1.18. The van der Waals surface area contributed by atoms with Gasteiger partial charge in [-0.2, -0.15) is 10.2 Å². The minimum Gasteiger partial charge on any atom is -0.497 e. The van der Waals surface area contributed by atoms with E-state index in [1.165, 1.54) is 10.9 Å². The summed E-state index contributed by atoms with van der Waals surface area (Å²) in [6.45, 7) is 8.09. The number of nitriles is 1. The number of para-hydroxylation sites is 1. The number of nitrogens with zero attached hydrogens (tertiary/aromatic N) is 5. The molecule has 0 radical (unpaired) electrons. The molecule has 16 heteroatoms. The number of amides is 1. The van der Waals surface area contributed by atoms with Gasteiger partial charge in [0, 0.05) is 18.5 Å². The van der Waals surface area contributed by atoms with E-state index in [0.717, 1.165) is 16.7 Å². The molecule has 2 heterocycles. The average Bonchev–Trinajstić information content (AvgIpc) is 3.68. The van der Waals surface area contributed by atoms with Crippen LogP contribution in [0.1, 0.15) is 63.5 Å². The van der Waals surface area contributed by atoms with Crippen LogP contribution in [0.4, 0.5) is 5.95 Å². The summed E-state index contributed by atoms with van der Waals surface area (Å²) in [6.07, 6.45) is -0.649. The van der Waals surface area contributed by atoms with Crippen molar-refractivity contribution in [2.24, 2.45) is 0 Å². The lowest BCUT2D eigenvalue weighted by Crippen LogP contribution is -2.39. The van der Waals surface area contributed by atoms with Crippen molar-refractivity contribution in [3.8, 4) is 23.3 Å². The second-order valence-corrected chi connectivity index (χ2v) is 16.3. The number of hydrogen-bond donors (Lipinski definition) is 1. The summed E-state index contributed by atoms with van der Waals surface area (Å²) in [5, 5.41) is 11.9. The van der Waals surface area contributed by atoms with Gasteiger partial charge in [0.25, 0.3) is 14.4 Å². The van der Waals surface area contributed by atoms with E-state index in [1.54, 1.807) is 38.5 Å². The standard InChI is InChI=1S/C46H53N6O9P/c1-32(2)52(33(3)4)62(59-27-13-26-47)61-40-28-43(51-31-48-44(50-45(51)54)49-42(53)30-57-39-16-11-8-12-17-39)60-41(40)29-58-46(34-14-9-7-10-15-34,35-18-22-37(55-5)23-19-35)36-20-24-38(56-6)25-21-36/h7-12,14-25,31-33,40-41,43H,13,27-30H2,1-6H3,(H,49,50,53,54)/t40-,41+,43+,62?/m0/s1. The number of ether oxygens (including phenoxy) is 5. The number of methoxy groups -OCH3 is 2. The third kappa shape index (κ3) is 11.2. The zero-order chi connectivity index (χ0) is 44.1. The van der Waals surface area contributed by atoms with Crippen molar-refractivity contribution in [2.75, 3.05) is 39.4 Å². The Kier molecular flexibility index (Phi) is 16.2. The number of aromatic nitrogens is 3. The van der Waals surface area contributed by atoms with E-state index >= 15 is 0 Å². The van der Waals surface area contributed by atoms with Gasteiger partial charge in [0.15, 0.2) is 6.61 Å². The number of hydrogen-bond acceptors (Lipinski definition) is 13. The number of anilines is 1. The lowest BCUT2D eigenvalue weighted by molar-refractivity contribution is -0.118. The van der Waals surface area contributed by atoms with Gasteiger partial charge >= 0.3 is 5.69 Å². The molecular weight excluding hydrogens is 812 g/mol. The maximum Gasteiger partial charge on any atom is 0.354 e. The molecule has 6 rings (SSSR count). The minimum absolute atomic E-state index is 0.00991. The van der Waals surface area contributed by atoms with E-state index in [-0.39, 0.29) is 50.7 Å². The van der Waals surface area contributed by atoms with Crippen LogP contribution in [-0.2, 0) is 28.9 Å². The summed E-state index contributed by atoms with van der Waals surface area (Å²) in [5.41, 5.74) is 0.632. The lowest BCUT2D eigenvalue weighted by Gasteiger charge is -2.39. The first-order chi connectivity index (χ1) is 30.1. The highest BCUT2D eigenvalue weighted by atomic mass is 31.2. The van der Waals surface area contributed by atoms with Crippen LogP contribution in [0.2, 0.25) is 0 Å². The topological polar surface area (TPSA) is 169 Å². The third-order valence-corrected chi connectivity index (χ3v) is 12.3. The van der Waals surface area contributed by atoms with Crippen molar-refractivity contribution in [2.45, 2.75) is 76.7 Å². The number of carbonyl (C=O) groups is 1. The van der Waals surface area contributed by atoms with E-state index in [4.69, 9.17) is 32.7 Å². The van der Waals surface area contributed by atoms with E-state index in [9.17, 15) is 14.9 Å². The molecule has 326 valence electrons.